The van der Waals surface area contributed by atoms with E-state index in [1.165, 1.54) is 0 Å². The molecule has 326 valence electrons. The lowest BCUT2D eigenvalue weighted by Gasteiger charge is -2.45. The minimum absolute atomic E-state index is 0.0410. The van der Waals surface area contributed by atoms with Gasteiger partial charge in [-0.15, -0.1) is 0 Å². The smallest absolute Gasteiger partial charge is 0.274 e. The van der Waals surface area contributed by atoms with E-state index in [0.29, 0.717) is 30.9 Å². The Balaban J connectivity index is 1.02. The van der Waals surface area contributed by atoms with Crippen molar-refractivity contribution in [2.75, 3.05) is 73.9 Å². The Labute approximate surface area is 355 Å². The van der Waals surface area contributed by atoms with Crippen LogP contribution in [-0.4, -0.2) is 130 Å². The number of carbonyl (C=O) groups is 3. The Bertz CT molecular complexity index is 2120. The van der Waals surface area contributed by atoms with E-state index in [0.717, 1.165) is 73.8 Å². The number of sulfone groups is 2. The molecule has 7 N–H and O–H groups in total. The van der Waals surface area contributed by atoms with Crippen LogP contribution in [0.4, 0.5) is 11.6 Å². The van der Waals surface area contributed by atoms with Gasteiger partial charge in [-0.05, 0) is 73.9 Å². The first kappa shape index (κ1) is 44.8. The lowest BCUT2D eigenvalue weighted by Crippen LogP contribution is -2.60. The number of quaternary nitrogens is 1. The Morgan fingerprint density at radius 1 is 0.700 bits per heavy atom. The zero-order chi connectivity index (χ0) is 42.9. The molecule has 1 aromatic heterocycles. The molecule has 0 spiro atoms. The number of anilines is 2. The van der Waals surface area contributed by atoms with Crippen molar-refractivity contribution < 1.29 is 45.2 Å². The Kier molecular flexibility index (Phi) is 14.8. The van der Waals surface area contributed by atoms with Gasteiger partial charge in [-0.1, -0.05) is 35.9 Å². The predicted molar refractivity (Wildman–Crippen MR) is 227 cm³/mol. The molecule has 3 saturated heterocycles. The monoisotopic (exact) mass is 889 g/mol. The molecule has 0 radical (unpaired) electrons. The second kappa shape index (κ2) is 19.8. The van der Waals surface area contributed by atoms with Gasteiger partial charge in [-0.25, -0.2) is 26.8 Å². The lowest BCUT2D eigenvalue weighted by molar-refractivity contribution is -0.933. The number of aryl methyl sites for hydroxylation is 2. The first-order valence-electron chi connectivity index (χ1n) is 20.2. The third-order valence-corrected chi connectivity index (χ3v) is 15.0. The number of aromatic nitrogens is 2. The number of nitrogens with one attached hydrogen (secondary N) is 3. The predicted octanol–water partition coefficient (Wildman–Crippen LogP) is 1.63. The topological polar surface area (TPSA) is 252 Å². The van der Waals surface area contributed by atoms with Gasteiger partial charge in [0.1, 0.15) is 11.5 Å². The highest BCUT2D eigenvalue weighted by Crippen LogP contribution is 2.25. The number of halogens is 1. The van der Waals surface area contributed by atoms with Crippen molar-refractivity contribution in [1.29, 1.82) is 0 Å². The molecule has 3 fully saturated rings. The van der Waals surface area contributed by atoms with E-state index < -0.39 is 25.6 Å². The summed E-state index contributed by atoms with van der Waals surface area (Å²) in [6.45, 7) is 3.01. The molecule has 2 aromatic carbocycles. The number of hydrogen-bond acceptors (Lipinski definition) is 13. The SMILES string of the molecule is Nc1nc(N)c(C(=O)N[C@H]2CCC[N+](CCCc3ccc(OCC(=O)NC4CCS(=O)(=O)C4)cc3)(CCCc3ccc(OCC(=O)NC4CCS(=O)(=O)C4)cc3)C2)nc1Cl. The highest BCUT2D eigenvalue weighted by atomic mass is 35.5. The van der Waals surface area contributed by atoms with Crippen molar-refractivity contribution in [3.63, 3.8) is 0 Å². The quantitative estimate of drug-likeness (QED) is 0.114. The van der Waals surface area contributed by atoms with E-state index >= 15 is 0 Å². The van der Waals surface area contributed by atoms with Gasteiger partial charge < -0.3 is 41.4 Å². The van der Waals surface area contributed by atoms with Crippen LogP contribution in [0.3, 0.4) is 0 Å². The van der Waals surface area contributed by atoms with Gasteiger partial charge in [0.05, 0.1) is 55.2 Å². The average molecular weight is 891 g/mol. The summed E-state index contributed by atoms with van der Waals surface area (Å²) in [6.07, 6.45) is 5.91. The maximum atomic E-state index is 13.3. The summed E-state index contributed by atoms with van der Waals surface area (Å²) in [6, 6.07) is 14.3. The van der Waals surface area contributed by atoms with Gasteiger partial charge >= 0.3 is 0 Å². The molecular weight excluding hydrogens is 836 g/mol. The zero-order valence-corrected chi connectivity index (χ0v) is 35.8. The van der Waals surface area contributed by atoms with E-state index in [4.69, 9.17) is 32.5 Å². The number of nitrogens with two attached hydrogens (primary N) is 2. The fourth-order valence-electron chi connectivity index (χ4n) is 8.22. The molecule has 0 aliphatic carbocycles. The van der Waals surface area contributed by atoms with Gasteiger partial charge in [-0.2, -0.15) is 0 Å². The van der Waals surface area contributed by atoms with Crippen molar-refractivity contribution in [2.45, 2.75) is 69.5 Å². The van der Waals surface area contributed by atoms with E-state index in [-0.39, 0.29) is 88.6 Å². The van der Waals surface area contributed by atoms with Crippen LogP contribution < -0.4 is 36.9 Å². The number of piperidine rings is 1. The summed E-state index contributed by atoms with van der Waals surface area (Å²) in [7, 11) is -6.19. The number of nitrogens with zero attached hydrogens (tertiary/aromatic N) is 3. The fraction of sp³-hybridized carbons (Fsp3) is 0.525. The maximum absolute atomic E-state index is 13.3. The van der Waals surface area contributed by atoms with Crippen LogP contribution in [0.1, 0.15) is 60.1 Å². The van der Waals surface area contributed by atoms with Gasteiger partial charge in [-0.3, -0.25) is 14.4 Å². The van der Waals surface area contributed by atoms with Crippen molar-refractivity contribution in [3.05, 3.63) is 70.5 Å². The number of hydrogen-bond donors (Lipinski definition) is 5. The van der Waals surface area contributed by atoms with Gasteiger partial charge in [0.25, 0.3) is 17.7 Å². The Morgan fingerprint density at radius 3 is 1.67 bits per heavy atom. The number of amides is 3. The fourth-order valence-corrected chi connectivity index (χ4v) is 11.7. The number of benzene rings is 2. The number of carbonyl (C=O) groups excluding carboxylic acids is 3. The molecule has 3 aliphatic rings. The minimum Gasteiger partial charge on any atom is -0.484 e. The summed E-state index contributed by atoms with van der Waals surface area (Å²) in [4.78, 5) is 46.0. The number of rotatable bonds is 18. The van der Waals surface area contributed by atoms with Crippen molar-refractivity contribution >= 4 is 60.6 Å². The summed E-state index contributed by atoms with van der Waals surface area (Å²) in [5.74, 6) is -0.129. The lowest BCUT2D eigenvalue weighted by atomic mass is 9.99. The first-order valence-corrected chi connectivity index (χ1v) is 24.2. The highest BCUT2D eigenvalue weighted by Gasteiger charge is 2.36. The molecular formula is C40H54ClN8O9S2+. The van der Waals surface area contributed by atoms with Crippen LogP contribution in [0.25, 0.3) is 0 Å². The van der Waals surface area contributed by atoms with Crippen molar-refractivity contribution in [2.24, 2.45) is 0 Å². The largest absolute Gasteiger partial charge is 0.484 e. The average Bonchev–Trinajstić information content (AvgIpc) is 3.73. The summed E-state index contributed by atoms with van der Waals surface area (Å²) in [5, 5.41) is 8.50. The molecule has 3 amide bonds. The molecule has 60 heavy (non-hydrogen) atoms. The second-order valence-electron chi connectivity index (χ2n) is 16.0. The molecule has 3 atom stereocenters. The highest BCUT2D eigenvalue weighted by molar-refractivity contribution is 7.91. The first-order chi connectivity index (χ1) is 28.5. The zero-order valence-electron chi connectivity index (χ0n) is 33.4. The maximum Gasteiger partial charge on any atom is 0.274 e. The van der Waals surface area contributed by atoms with Crippen LogP contribution in [-0.2, 0) is 42.1 Å². The molecule has 3 aliphatic heterocycles. The number of likely N-dealkylation sites (tertiary alicyclic amines) is 1. The van der Waals surface area contributed by atoms with Gasteiger partial charge in [0, 0.05) is 24.9 Å². The molecule has 2 unspecified atom stereocenters. The molecule has 6 rings (SSSR count). The molecule has 0 bridgehead atoms. The minimum atomic E-state index is -3.09. The molecule has 0 saturated carbocycles. The molecule has 17 nitrogen and oxygen atoms in total. The van der Waals surface area contributed by atoms with Crippen molar-refractivity contribution in [1.82, 2.24) is 25.9 Å². The molecule has 4 heterocycles. The normalized spacial score (nSPS) is 23.1. The van der Waals surface area contributed by atoms with Gasteiger partial charge in [0.2, 0.25) is 0 Å². The van der Waals surface area contributed by atoms with Crippen LogP contribution in [0, 0.1) is 0 Å². The Hall–Kier alpha value is -4.72. The third-order valence-electron chi connectivity index (χ3n) is 11.2. The number of ether oxygens (including phenoxy) is 2. The summed E-state index contributed by atoms with van der Waals surface area (Å²) in [5.41, 5.74) is 13.9. The molecule has 3 aromatic rings. The van der Waals surface area contributed by atoms with E-state index in [9.17, 15) is 31.2 Å². The summed E-state index contributed by atoms with van der Waals surface area (Å²) >= 11 is 6.06. The van der Waals surface area contributed by atoms with E-state index in [1.807, 2.05) is 48.5 Å². The number of nitrogen functional groups attached to an aromatic ring is 2. The third kappa shape index (κ3) is 13.1. The van der Waals surface area contributed by atoms with Crippen LogP contribution in [0.2, 0.25) is 5.15 Å². The van der Waals surface area contributed by atoms with Gasteiger partial charge in [0.15, 0.2) is 55.4 Å². The van der Waals surface area contributed by atoms with Crippen LogP contribution in [0.15, 0.2) is 48.5 Å². The second-order valence-corrected chi connectivity index (χ2v) is 20.9. The Morgan fingerprint density at radius 2 is 1.20 bits per heavy atom. The van der Waals surface area contributed by atoms with Crippen molar-refractivity contribution in [3.8, 4) is 11.5 Å². The molecule has 20 heteroatoms. The van der Waals surface area contributed by atoms with Crippen LogP contribution >= 0.6 is 11.6 Å². The van der Waals surface area contributed by atoms with E-state index in [2.05, 4.69) is 25.9 Å². The van der Waals surface area contributed by atoms with Crippen LogP contribution in [0.5, 0.6) is 11.5 Å². The summed E-state index contributed by atoms with van der Waals surface area (Å²) < 4.78 is 58.9. The standard InChI is InChI=1S/C40H53ClN8O9S2/c41-37-39(43)48-38(42)36(47-37)40(52)46-29-6-3-19-49(22-29,17-1-4-27-7-11-32(12-8-27)57-23-34(50)44-30-15-20-59(53,54)25-30)18-2-5-28-9-13-33(14-10-28)58-24-35(51)45-31-16-21-60(55,56)26-31/h7-14,29-31H,1-6,15-26H2,(H6-,42,43,44,45,46,48,50,51,52)/p+1/t29-,30?,31?,49?/m0/s1. The van der Waals surface area contributed by atoms with E-state index in [1.54, 1.807) is 0 Å².